The maximum Gasteiger partial charge on any atom is 0.122 e. The summed E-state index contributed by atoms with van der Waals surface area (Å²) in [6.45, 7) is 4.87. The van der Waals surface area contributed by atoms with E-state index in [0.29, 0.717) is 16.6 Å². The van der Waals surface area contributed by atoms with Gasteiger partial charge in [0.2, 0.25) is 0 Å². The van der Waals surface area contributed by atoms with Crippen molar-refractivity contribution in [2.24, 2.45) is 0 Å². The first-order valence-electron chi connectivity index (χ1n) is 7.01. The number of hydrogen-bond donors (Lipinski definition) is 1. The largest absolute Gasteiger partial charge is 0.488 e. The molecule has 21 heavy (non-hydrogen) atoms. The van der Waals surface area contributed by atoms with Crippen LogP contribution in [0.4, 0.5) is 5.69 Å². The molecule has 4 heteroatoms. The lowest BCUT2D eigenvalue weighted by atomic mass is 10.2. The Labute approximate surface area is 136 Å². The van der Waals surface area contributed by atoms with Gasteiger partial charge in [-0.05, 0) is 43.2 Å². The van der Waals surface area contributed by atoms with Crippen LogP contribution in [0.2, 0.25) is 10.0 Å². The molecule has 0 aliphatic carbocycles. The fourth-order valence-corrected chi connectivity index (χ4v) is 2.27. The van der Waals surface area contributed by atoms with Gasteiger partial charge < -0.3 is 10.1 Å². The SMILES string of the molecule is CCC(CNc1ccc(Cl)c(Cl)c1)Oc1ccccc1C. The Balaban J connectivity index is 1.96. The van der Waals surface area contributed by atoms with E-state index in [2.05, 4.69) is 25.2 Å². The molecular formula is C17H19Cl2NO. The van der Waals surface area contributed by atoms with Crippen LogP contribution in [-0.2, 0) is 0 Å². The highest BCUT2D eigenvalue weighted by Crippen LogP contribution is 2.25. The molecule has 0 radical (unpaired) electrons. The molecule has 0 saturated carbocycles. The van der Waals surface area contributed by atoms with Gasteiger partial charge in [-0.25, -0.2) is 0 Å². The lowest BCUT2D eigenvalue weighted by molar-refractivity contribution is 0.208. The third-order valence-electron chi connectivity index (χ3n) is 3.30. The van der Waals surface area contributed by atoms with E-state index in [9.17, 15) is 0 Å². The molecule has 0 heterocycles. The zero-order valence-corrected chi connectivity index (χ0v) is 13.7. The minimum Gasteiger partial charge on any atom is -0.488 e. The molecular weight excluding hydrogens is 305 g/mol. The first-order chi connectivity index (χ1) is 10.1. The number of benzene rings is 2. The predicted molar refractivity (Wildman–Crippen MR) is 90.8 cm³/mol. The van der Waals surface area contributed by atoms with E-state index in [1.165, 1.54) is 0 Å². The molecule has 1 N–H and O–H groups in total. The number of anilines is 1. The molecule has 0 fully saturated rings. The number of ether oxygens (including phenoxy) is 1. The summed E-state index contributed by atoms with van der Waals surface area (Å²) in [7, 11) is 0. The second-order valence-corrected chi connectivity index (χ2v) is 5.74. The maximum atomic E-state index is 6.05. The molecule has 112 valence electrons. The molecule has 0 aliphatic rings. The molecule has 0 spiro atoms. The first-order valence-corrected chi connectivity index (χ1v) is 7.77. The van der Waals surface area contributed by atoms with Crippen LogP contribution in [0.15, 0.2) is 42.5 Å². The third kappa shape index (κ3) is 4.55. The lowest BCUT2D eigenvalue weighted by Gasteiger charge is -2.20. The second kappa shape index (κ2) is 7.58. The van der Waals surface area contributed by atoms with Crippen molar-refractivity contribution in [3.8, 4) is 5.75 Å². The van der Waals surface area contributed by atoms with Gasteiger partial charge in [-0.2, -0.15) is 0 Å². The second-order valence-electron chi connectivity index (χ2n) is 4.92. The Morgan fingerprint density at radius 2 is 1.86 bits per heavy atom. The van der Waals surface area contributed by atoms with Crippen molar-refractivity contribution in [2.75, 3.05) is 11.9 Å². The number of rotatable bonds is 6. The van der Waals surface area contributed by atoms with Crippen molar-refractivity contribution < 1.29 is 4.74 Å². The zero-order chi connectivity index (χ0) is 15.2. The Hall–Kier alpha value is -1.38. The summed E-state index contributed by atoms with van der Waals surface area (Å²) < 4.78 is 6.05. The summed E-state index contributed by atoms with van der Waals surface area (Å²) in [6.07, 6.45) is 1.02. The minimum absolute atomic E-state index is 0.0977. The normalized spacial score (nSPS) is 12.0. The third-order valence-corrected chi connectivity index (χ3v) is 4.04. The Morgan fingerprint density at radius 1 is 1.10 bits per heavy atom. The maximum absolute atomic E-state index is 6.05. The van der Waals surface area contributed by atoms with E-state index in [1.807, 2.05) is 30.3 Å². The van der Waals surface area contributed by atoms with Crippen LogP contribution >= 0.6 is 23.2 Å². The monoisotopic (exact) mass is 323 g/mol. The molecule has 2 nitrogen and oxygen atoms in total. The molecule has 2 aromatic rings. The molecule has 0 amide bonds. The van der Waals surface area contributed by atoms with Crippen LogP contribution in [0.1, 0.15) is 18.9 Å². The molecule has 0 aromatic heterocycles. The number of nitrogens with one attached hydrogen (secondary N) is 1. The number of para-hydroxylation sites is 1. The van der Waals surface area contributed by atoms with Crippen molar-refractivity contribution in [3.63, 3.8) is 0 Å². The van der Waals surface area contributed by atoms with Crippen molar-refractivity contribution in [2.45, 2.75) is 26.4 Å². The molecule has 0 bridgehead atoms. The van der Waals surface area contributed by atoms with Crippen molar-refractivity contribution in [3.05, 3.63) is 58.1 Å². The summed E-state index contributed by atoms with van der Waals surface area (Å²) in [5.41, 5.74) is 2.08. The highest BCUT2D eigenvalue weighted by atomic mass is 35.5. The van der Waals surface area contributed by atoms with E-state index in [4.69, 9.17) is 27.9 Å². The Morgan fingerprint density at radius 3 is 2.52 bits per heavy atom. The summed E-state index contributed by atoms with van der Waals surface area (Å²) in [6, 6.07) is 13.6. The Kier molecular flexibility index (Phi) is 5.77. The minimum atomic E-state index is 0.0977. The van der Waals surface area contributed by atoms with Crippen LogP contribution < -0.4 is 10.1 Å². The first kappa shape index (κ1) is 16.0. The van der Waals surface area contributed by atoms with Crippen molar-refractivity contribution >= 4 is 28.9 Å². The zero-order valence-electron chi connectivity index (χ0n) is 12.2. The molecule has 2 rings (SSSR count). The van der Waals surface area contributed by atoms with Gasteiger partial charge in [-0.1, -0.05) is 48.3 Å². The summed E-state index contributed by atoms with van der Waals surface area (Å²) in [5, 5.41) is 4.45. The van der Waals surface area contributed by atoms with Crippen LogP contribution in [0.25, 0.3) is 0 Å². The van der Waals surface area contributed by atoms with Crippen LogP contribution in [0.5, 0.6) is 5.75 Å². The number of hydrogen-bond acceptors (Lipinski definition) is 2. The molecule has 0 aliphatic heterocycles. The van der Waals surface area contributed by atoms with Gasteiger partial charge in [0.25, 0.3) is 0 Å². The average molecular weight is 324 g/mol. The number of aryl methyl sites for hydroxylation is 1. The van der Waals surface area contributed by atoms with Gasteiger partial charge in [-0.15, -0.1) is 0 Å². The van der Waals surface area contributed by atoms with E-state index >= 15 is 0 Å². The van der Waals surface area contributed by atoms with Gasteiger partial charge >= 0.3 is 0 Å². The predicted octanol–water partition coefficient (Wildman–Crippen LogP) is 5.57. The van der Waals surface area contributed by atoms with Gasteiger partial charge in [0.05, 0.1) is 16.6 Å². The smallest absolute Gasteiger partial charge is 0.122 e. The fraction of sp³-hybridized carbons (Fsp3) is 0.294. The molecule has 1 atom stereocenters. The Bertz CT molecular complexity index is 601. The fourth-order valence-electron chi connectivity index (χ4n) is 1.98. The van der Waals surface area contributed by atoms with Gasteiger partial charge in [-0.3, -0.25) is 0 Å². The van der Waals surface area contributed by atoms with E-state index < -0.39 is 0 Å². The summed E-state index contributed by atoms with van der Waals surface area (Å²) in [4.78, 5) is 0. The molecule has 1 unspecified atom stereocenters. The van der Waals surface area contributed by atoms with Crippen LogP contribution in [0, 0.1) is 6.92 Å². The summed E-state index contributed by atoms with van der Waals surface area (Å²) in [5.74, 6) is 0.931. The van der Waals surface area contributed by atoms with Crippen LogP contribution in [-0.4, -0.2) is 12.6 Å². The lowest BCUT2D eigenvalue weighted by Crippen LogP contribution is -2.25. The highest BCUT2D eigenvalue weighted by Gasteiger charge is 2.10. The quantitative estimate of drug-likeness (QED) is 0.750. The van der Waals surface area contributed by atoms with E-state index in [0.717, 1.165) is 23.4 Å². The van der Waals surface area contributed by atoms with Gasteiger partial charge in [0.1, 0.15) is 11.9 Å². The van der Waals surface area contributed by atoms with E-state index in [-0.39, 0.29) is 6.10 Å². The topological polar surface area (TPSA) is 21.3 Å². The van der Waals surface area contributed by atoms with Crippen molar-refractivity contribution in [1.82, 2.24) is 0 Å². The number of halogens is 2. The van der Waals surface area contributed by atoms with Crippen LogP contribution in [0.3, 0.4) is 0 Å². The van der Waals surface area contributed by atoms with Gasteiger partial charge in [0.15, 0.2) is 0 Å². The van der Waals surface area contributed by atoms with E-state index in [1.54, 1.807) is 6.07 Å². The molecule has 0 saturated heterocycles. The average Bonchev–Trinajstić information content (AvgIpc) is 2.49. The standard InChI is InChI=1S/C17H19Cl2NO/c1-3-14(21-17-7-5-4-6-12(17)2)11-20-13-8-9-15(18)16(19)10-13/h4-10,14,20H,3,11H2,1-2H3. The van der Waals surface area contributed by atoms with Gasteiger partial charge in [0, 0.05) is 5.69 Å². The van der Waals surface area contributed by atoms with Crippen molar-refractivity contribution in [1.29, 1.82) is 0 Å². The highest BCUT2D eigenvalue weighted by molar-refractivity contribution is 6.42. The summed E-state index contributed by atoms with van der Waals surface area (Å²) >= 11 is 11.9. The molecule has 2 aromatic carbocycles.